The van der Waals surface area contributed by atoms with Gasteiger partial charge in [-0.3, -0.25) is 9.59 Å². The molecule has 5 heteroatoms. The van der Waals surface area contributed by atoms with Crippen molar-refractivity contribution in [2.24, 2.45) is 0 Å². The Bertz CT molecular complexity index is 477. The van der Waals surface area contributed by atoms with Crippen LogP contribution in [0, 0.1) is 5.82 Å². The fourth-order valence-electron chi connectivity index (χ4n) is 1.92. The van der Waals surface area contributed by atoms with Crippen molar-refractivity contribution in [2.45, 2.75) is 39.8 Å². The van der Waals surface area contributed by atoms with Crippen LogP contribution in [0.5, 0.6) is 0 Å². The summed E-state index contributed by atoms with van der Waals surface area (Å²) in [4.78, 5) is 25.3. The van der Waals surface area contributed by atoms with Gasteiger partial charge in [-0.05, 0) is 19.9 Å². The van der Waals surface area contributed by atoms with Gasteiger partial charge < -0.3 is 10.2 Å². The summed E-state index contributed by atoms with van der Waals surface area (Å²) >= 11 is 0. The van der Waals surface area contributed by atoms with Gasteiger partial charge in [-0.15, -0.1) is 0 Å². The van der Waals surface area contributed by atoms with Crippen LogP contribution in [0.25, 0.3) is 0 Å². The third-order valence-electron chi connectivity index (χ3n) is 3.12. The van der Waals surface area contributed by atoms with Gasteiger partial charge in [0.2, 0.25) is 11.8 Å². The lowest BCUT2D eigenvalue weighted by atomic mass is 10.1. The Morgan fingerprint density at radius 2 is 1.95 bits per heavy atom. The molecule has 0 spiro atoms. The second kappa shape index (κ2) is 7.62. The molecule has 1 atom stereocenters. The topological polar surface area (TPSA) is 49.4 Å². The van der Waals surface area contributed by atoms with Crippen molar-refractivity contribution in [3.05, 3.63) is 35.6 Å². The zero-order valence-corrected chi connectivity index (χ0v) is 12.1. The minimum Gasteiger partial charge on any atom is -0.355 e. The zero-order chi connectivity index (χ0) is 15.1. The van der Waals surface area contributed by atoms with Crippen LogP contribution in [0.3, 0.4) is 0 Å². The summed E-state index contributed by atoms with van der Waals surface area (Å²) in [5.74, 6) is -0.776. The van der Waals surface area contributed by atoms with Crippen molar-refractivity contribution >= 4 is 11.8 Å². The van der Waals surface area contributed by atoms with Gasteiger partial charge in [-0.2, -0.15) is 0 Å². The highest BCUT2D eigenvalue weighted by Gasteiger charge is 2.25. The van der Waals surface area contributed by atoms with Crippen LogP contribution in [0.4, 0.5) is 4.39 Å². The third-order valence-corrected chi connectivity index (χ3v) is 3.12. The van der Waals surface area contributed by atoms with Gasteiger partial charge >= 0.3 is 0 Å². The average molecular weight is 280 g/mol. The molecular weight excluding hydrogens is 259 g/mol. The Labute approximate surface area is 119 Å². The molecule has 0 aliphatic rings. The van der Waals surface area contributed by atoms with E-state index in [0.717, 1.165) is 0 Å². The predicted octanol–water partition coefficient (Wildman–Crippen LogP) is 2.09. The maximum atomic E-state index is 13.7. The molecule has 1 N–H and O–H groups in total. The van der Waals surface area contributed by atoms with E-state index in [1.807, 2.05) is 6.92 Å². The summed E-state index contributed by atoms with van der Waals surface area (Å²) in [6.07, 6.45) is 0.276. The van der Waals surface area contributed by atoms with Gasteiger partial charge in [0.1, 0.15) is 11.9 Å². The molecule has 0 radical (unpaired) electrons. The minimum atomic E-state index is -0.623. The SMILES string of the molecule is CCNC(=O)[C@@H](C)N(Cc1ccccc1F)C(=O)CC. The first-order valence-corrected chi connectivity index (χ1v) is 6.81. The zero-order valence-electron chi connectivity index (χ0n) is 12.1. The molecule has 0 saturated heterocycles. The highest BCUT2D eigenvalue weighted by molar-refractivity contribution is 5.87. The van der Waals surface area contributed by atoms with E-state index in [1.54, 1.807) is 32.0 Å². The summed E-state index contributed by atoms with van der Waals surface area (Å²) in [6, 6.07) is 5.65. The van der Waals surface area contributed by atoms with Gasteiger partial charge in [0, 0.05) is 25.1 Å². The number of rotatable bonds is 6. The predicted molar refractivity (Wildman–Crippen MR) is 75.4 cm³/mol. The van der Waals surface area contributed by atoms with Crippen molar-refractivity contribution in [1.29, 1.82) is 0 Å². The van der Waals surface area contributed by atoms with Crippen LogP contribution in [-0.4, -0.2) is 29.3 Å². The van der Waals surface area contributed by atoms with Crippen molar-refractivity contribution in [3.63, 3.8) is 0 Å². The van der Waals surface area contributed by atoms with Crippen molar-refractivity contribution in [3.8, 4) is 0 Å². The summed E-state index contributed by atoms with van der Waals surface area (Å²) in [5.41, 5.74) is 0.408. The molecule has 2 amide bonds. The van der Waals surface area contributed by atoms with Crippen molar-refractivity contribution < 1.29 is 14.0 Å². The molecule has 4 nitrogen and oxygen atoms in total. The summed E-state index contributed by atoms with van der Waals surface area (Å²) in [7, 11) is 0. The van der Waals surface area contributed by atoms with Crippen molar-refractivity contribution in [1.82, 2.24) is 10.2 Å². The third kappa shape index (κ3) is 4.05. The van der Waals surface area contributed by atoms with E-state index in [4.69, 9.17) is 0 Å². The Hall–Kier alpha value is -1.91. The highest BCUT2D eigenvalue weighted by atomic mass is 19.1. The first-order valence-electron chi connectivity index (χ1n) is 6.81. The van der Waals surface area contributed by atoms with Crippen LogP contribution < -0.4 is 5.32 Å². The normalized spacial score (nSPS) is 11.8. The highest BCUT2D eigenvalue weighted by Crippen LogP contribution is 2.13. The number of amides is 2. The number of nitrogens with zero attached hydrogens (tertiary/aromatic N) is 1. The molecule has 0 bridgehead atoms. The average Bonchev–Trinajstić information content (AvgIpc) is 2.45. The Balaban J connectivity index is 2.93. The van der Waals surface area contributed by atoms with E-state index in [2.05, 4.69) is 5.32 Å². The quantitative estimate of drug-likeness (QED) is 0.867. The number of benzene rings is 1. The van der Waals surface area contributed by atoms with Crippen LogP contribution >= 0.6 is 0 Å². The number of likely N-dealkylation sites (N-methyl/N-ethyl adjacent to an activating group) is 1. The van der Waals surface area contributed by atoms with Crippen LogP contribution in [0.1, 0.15) is 32.8 Å². The molecule has 1 rings (SSSR count). The molecule has 0 heterocycles. The Kier molecular flexibility index (Phi) is 6.15. The second-order valence-electron chi connectivity index (χ2n) is 4.54. The number of hydrogen-bond acceptors (Lipinski definition) is 2. The maximum absolute atomic E-state index is 13.7. The van der Waals surface area contributed by atoms with Gasteiger partial charge in [0.15, 0.2) is 0 Å². The van der Waals surface area contributed by atoms with Gasteiger partial charge in [0.25, 0.3) is 0 Å². The molecular formula is C15H21FN2O2. The smallest absolute Gasteiger partial charge is 0.242 e. The van der Waals surface area contributed by atoms with E-state index in [-0.39, 0.29) is 30.6 Å². The number of carbonyl (C=O) groups is 2. The van der Waals surface area contributed by atoms with E-state index in [0.29, 0.717) is 12.1 Å². The molecule has 1 aromatic carbocycles. The van der Waals surface area contributed by atoms with Crippen LogP contribution in [0.15, 0.2) is 24.3 Å². The summed E-state index contributed by atoms with van der Waals surface area (Å²) in [5, 5.41) is 2.68. The van der Waals surface area contributed by atoms with Gasteiger partial charge in [-0.25, -0.2) is 4.39 Å². The first-order chi connectivity index (χ1) is 9.51. The molecule has 0 aliphatic carbocycles. The molecule has 0 aromatic heterocycles. The maximum Gasteiger partial charge on any atom is 0.242 e. The lowest BCUT2D eigenvalue weighted by Gasteiger charge is -2.28. The van der Waals surface area contributed by atoms with Crippen LogP contribution in [-0.2, 0) is 16.1 Å². The van der Waals surface area contributed by atoms with E-state index in [1.165, 1.54) is 11.0 Å². The molecule has 0 unspecified atom stereocenters. The van der Waals surface area contributed by atoms with Crippen LogP contribution in [0.2, 0.25) is 0 Å². The molecule has 0 aliphatic heterocycles. The second-order valence-corrected chi connectivity index (χ2v) is 4.54. The lowest BCUT2D eigenvalue weighted by molar-refractivity contribution is -0.140. The van der Waals surface area contributed by atoms with E-state index >= 15 is 0 Å². The number of hydrogen-bond donors (Lipinski definition) is 1. The fraction of sp³-hybridized carbons (Fsp3) is 0.467. The van der Waals surface area contributed by atoms with Crippen molar-refractivity contribution in [2.75, 3.05) is 6.54 Å². The Morgan fingerprint density at radius 1 is 1.30 bits per heavy atom. The molecule has 110 valence electrons. The minimum absolute atomic E-state index is 0.0949. The first kappa shape index (κ1) is 16.1. The van der Waals surface area contributed by atoms with E-state index < -0.39 is 6.04 Å². The summed E-state index contributed by atoms with van der Waals surface area (Å²) in [6.45, 7) is 5.78. The molecule has 0 fully saturated rings. The van der Waals surface area contributed by atoms with Gasteiger partial charge in [0.05, 0.1) is 0 Å². The Morgan fingerprint density at radius 3 is 2.50 bits per heavy atom. The van der Waals surface area contributed by atoms with E-state index in [9.17, 15) is 14.0 Å². The number of nitrogens with one attached hydrogen (secondary N) is 1. The fourth-order valence-corrected chi connectivity index (χ4v) is 1.92. The number of halogens is 1. The molecule has 1 aromatic rings. The standard InChI is InChI=1S/C15H21FN2O2/c1-4-14(19)18(11(3)15(20)17-5-2)10-12-8-6-7-9-13(12)16/h6-9,11H,4-5,10H2,1-3H3,(H,17,20)/t11-/m1/s1. The lowest BCUT2D eigenvalue weighted by Crippen LogP contribution is -2.47. The molecule has 20 heavy (non-hydrogen) atoms. The summed E-state index contributed by atoms with van der Waals surface area (Å²) < 4.78 is 13.7. The molecule has 0 saturated carbocycles. The largest absolute Gasteiger partial charge is 0.355 e. The van der Waals surface area contributed by atoms with Gasteiger partial charge in [-0.1, -0.05) is 25.1 Å². The number of carbonyl (C=O) groups excluding carboxylic acids is 2. The monoisotopic (exact) mass is 280 g/mol.